The number of unbranched alkanes of at least 4 members (excludes halogenated alkanes) is 2. The van der Waals surface area contributed by atoms with E-state index in [1.807, 2.05) is 4.90 Å². The number of hydrogen-bond acceptors (Lipinski definition) is 6. The van der Waals surface area contributed by atoms with E-state index in [4.69, 9.17) is 4.74 Å². The molecule has 170 valence electrons. The summed E-state index contributed by atoms with van der Waals surface area (Å²) in [4.78, 5) is 1.90. The number of β-amino-alcohol motifs (C(OH)–C–C–N with tert-alkyl or cyclic N) is 1. The van der Waals surface area contributed by atoms with Gasteiger partial charge in [0.05, 0.1) is 25.4 Å². The maximum atomic E-state index is 10.0. The molecule has 0 aromatic heterocycles. The summed E-state index contributed by atoms with van der Waals surface area (Å²) in [6.07, 6.45) is 8.38. The molecule has 4 atom stereocenters. The summed E-state index contributed by atoms with van der Waals surface area (Å²) >= 11 is 0. The molecular weight excluding hydrogens is 394 g/mol. The first-order valence-electron chi connectivity index (χ1n) is 11.5. The van der Waals surface area contributed by atoms with Gasteiger partial charge in [-0.2, -0.15) is 0 Å². The van der Waals surface area contributed by atoms with Gasteiger partial charge in [0.1, 0.15) is 12.2 Å². The highest BCUT2D eigenvalue weighted by Gasteiger charge is 2.50. The van der Waals surface area contributed by atoms with Gasteiger partial charge in [-0.3, -0.25) is 4.90 Å². The van der Waals surface area contributed by atoms with Crippen molar-refractivity contribution >= 4 is 12.4 Å². The number of halogens is 1. The highest BCUT2D eigenvalue weighted by molar-refractivity contribution is 5.85. The van der Waals surface area contributed by atoms with Crippen LogP contribution in [0.1, 0.15) is 57.8 Å². The lowest BCUT2D eigenvalue weighted by atomic mass is 9.50. The second kappa shape index (κ2) is 10.1. The number of nitrogens with zero attached hydrogens (tertiary/aromatic N) is 1. The van der Waals surface area contributed by atoms with Gasteiger partial charge in [0.2, 0.25) is 0 Å². The average Bonchev–Trinajstić information content (AvgIpc) is 2.64. The summed E-state index contributed by atoms with van der Waals surface area (Å²) in [6.45, 7) is 2.56. The van der Waals surface area contributed by atoms with Crippen molar-refractivity contribution in [1.29, 1.82) is 0 Å². The average molecular weight is 434 g/mol. The molecule has 5 fully saturated rings. The molecule has 5 aliphatic rings. The van der Waals surface area contributed by atoms with Gasteiger partial charge < -0.3 is 25.2 Å². The molecule has 4 saturated carbocycles. The molecule has 0 amide bonds. The smallest absolute Gasteiger partial charge is 0.109 e. The lowest BCUT2D eigenvalue weighted by Crippen LogP contribution is -2.62. The van der Waals surface area contributed by atoms with Crippen molar-refractivity contribution in [1.82, 2.24) is 4.90 Å². The number of piperidine rings is 1. The number of likely N-dealkylation sites (tertiary alicyclic amines) is 1. The van der Waals surface area contributed by atoms with Gasteiger partial charge in [0.25, 0.3) is 0 Å². The number of aliphatic hydroxyl groups excluding tert-OH is 4. The van der Waals surface area contributed by atoms with Crippen LogP contribution in [0.3, 0.4) is 0 Å². The van der Waals surface area contributed by atoms with E-state index in [2.05, 4.69) is 0 Å². The topological polar surface area (TPSA) is 93.4 Å². The molecule has 4 aliphatic carbocycles. The van der Waals surface area contributed by atoms with Crippen molar-refractivity contribution in [2.75, 3.05) is 32.9 Å². The van der Waals surface area contributed by atoms with Crippen molar-refractivity contribution in [2.24, 2.45) is 23.2 Å². The summed E-state index contributed by atoms with van der Waals surface area (Å²) in [6, 6.07) is -0.495. The van der Waals surface area contributed by atoms with Crippen molar-refractivity contribution in [3.05, 3.63) is 0 Å². The molecule has 0 spiro atoms. The largest absolute Gasteiger partial charge is 0.395 e. The first kappa shape index (κ1) is 23.7. The van der Waals surface area contributed by atoms with Crippen LogP contribution in [0.5, 0.6) is 0 Å². The third kappa shape index (κ3) is 5.28. The van der Waals surface area contributed by atoms with Crippen LogP contribution in [0.15, 0.2) is 0 Å². The third-order valence-corrected chi connectivity index (χ3v) is 8.02. The highest BCUT2D eigenvalue weighted by atomic mass is 35.5. The van der Waals surface area contributed by atoms with E-state index in [0.29, 0.717) is 18.5 Å². The molecule has 0 radical (unpaired) electrons. The second-order valence-corrected chi connectivity index (χ2v) is 10.3. The minimum atomic E-state index is -1.17. The lowest BCUT2D eigenvalue weighted by Gasteiger charge is -2.56. The molecule has 1 saturated heterocycles. The maximum Gasteiger partial charge on any atom is 0.109 e. The number of ether oxygens (including phenoxy) is 1. The Labute approximate surface area is 181 Å². The van der Waals surface area contributed by atoms with Crippen LogP contribution in [0, 0.1) is 23.2 Å². The molecule has 0 unspecified atom stereocenters. The minimum Gasteiger partial charge on any atom is -0.395 e. The highest BCUT2D eigenvalue weighted by Crippen LogP contribution is 2.60. The molecule has 6 nitrogen and oxygen atoms in total. The van der Waals surface area contributed by atoms with E-state index >= 15 is 0 Å². The predicted molar refractivity (Wildman–Crippen MR) is 113 cm³/mol. The monoisotopic (exact) mass is 433 g/mol. The molecule has 7 heteroatoms. The fraction of sp³-hybridized carbons (Fsp3) is 1.00. The molecule has 4 N–H and O–H groups in total. The zero-order chi connectivity index (χ0) is 19.7. The van der Waals surface area contributed by atoms with Crippen molar-refractivity contribution in [3.63, 3.8) is 0 Å². The fourth-order valence-corrected chi connectivity index (χ4v) is 7.09. The van der Waals surface area contributed by atoms with Gasteiger partial charge in [-0.1, -0.05) is 0 Å². The Morgan fingerprint density at radius 1 is 0.862 bits per heavy atom. The molecule has 29 heavy (non-hydrogen) atoms. The summed E-state index contributed by atoms with van der Waals surface area (Å²) in [5.41, 5.74) is 0.490. The van der Waals surface area contributed by atoms with Gasteiger partial charge in [0.15, 0.2) is 0 Å². The SMILES string of the molecule is Cl.OC[C@H]1[C@@H](O)[C@H](O)[C@@H](O)CN1CCCCCOCC12CC3CC(CC(C3)C1)C2. The van der Waals surface area contributed by atoms with E-state index in [9.17, 15) is 20.4 Å². The van der Waals surface area contributed by atoms with Crippen LogP contribution >= 0.6 is 12.4 Å². The van der Waals surface area contributed by atoms with E-state index in [-0.39, 0.29) is 19.0 Å². The summed E-state index contributed by atoms with van der Waals surface area (Å²) in [5.74, 6) is 2.93. The molecule has 5 rings (SSSR count). The van der Waals surface area contributed by atoms with Gasteiger partial charge in [0, 0.05) is 13.2 Å². The first-order valence-corrected chi connectivity index (χ1v) is 11.5. The van der Waals surface area contributed by atoms with Gasteiger partial charge in [-0.25, -0.2) is 0 Å². The van der Waals surface area contributed by atoms with E-state index in [0.717, 1.165) is 50.2 Å². The zero-order valence-electron chi connectivity index (χ0n) is 17.5. The summed E-state index contributed by atoms with van der Waals surface area (Å²) in [5, 5.41) is 39.2. The Bertz CT molecular complexity index is 486. The Morgan fingerprint density at radius 3 is 2.07 bits per heavy atom. The van der Waals surface area contributed by atoms with Crippen LogP contribution in [-0.4, -0.2) is 82.6 Å². The predicted octanol–water partition coefficient (Wildman–Crippen LogP) is 1.57. The Hall–Kier alpha value is 0.0500. The van der Waals surface area contributed by atoms with E-state index < -0.39 is 24.4 Å². The molecule has 4 bridgehead atoms. The van der Waals surface area contributed by atoms with Crippen LogP contribution in [0.2, 0.25) is 0 Å². The number of rotatable bonds is 9. The number of hydrogen-bond donors (Lipinski definition) is 4. The molecular formula is C22H40ClNO5. The summed E-state index contributed by atoms with van der Waals surface area (Å²) < 4.78 is 6.13. The molecule has 1 aliphatic heterocycles. The Kier molecular flexibility index (Phi) is 8.27. The molecule has 0 aromatic rings. The molecule has 1 heterocycles. The first-order chi connectivity index (χ1) is 13.5. The molecule has 0 aromatic carbocycles. The van der Waals surface area contributed by atoms with Gasteiger partial charge in [-0.05, 0) is 87.5 Å². The van der Waals surface area contributed by atoms with Crippen LogP contribution < -0.4 is 0 Å². The van der Waals surface area contributed by atoms with Crippen molar-refractivity contribution in [2.45, 2.75) is 82.1 Å². The van der Waals surface area contributed by atoms with Crippen LogP contribution in [0.25, 0.3) is 0 Å². The third-order valence-electron chi connectivity index (χ3n) is 8.02. The lowest BCUT2D eigenvalue weighted by molar-refractivity contribution is -0.145. The van der Waals surface area contributed by atoms with Gasteiger partial charge >= 0.3 is 0 Å². The standard InChI is InChI=1S/C22H39NO5.ClH/c24-13-18-20(26)21(27)19(25)12-23(18)4-2-1-3-5-28-14-22-9-15-6-16(10-22)8-17(7-15)11-22;/h15-21,24-27H,1-14H2;1H/t15?,16?,17?,18-,19-,20+,21+,22?;/m0./s1. The quantitative estimate of drug-likeness (QED) is 0.412. The van der Waals surface area contributed by atoms with E-state index in [1.54, 1.807) is 0 Å². The Balaban J connectivity index is 0.00000240. The Morgan fingerprint density at radius 2 is 1.48 bits per heavy atom. The maximum absolute atomic E-state index is 10.0. The van der Waals surface area contributed by atoms with Crippen molar-refractivity contribution in [3.8, 4) is 0 Å². The minimum absolute atomic E-state index is 0. The zero-order valence-corrected chi connectivity index (χ0v) is 18.3. The van der Waals surface area contributed by atoms with E-state index in [1.165, 1.54) is 38.5 Å². The second-order valence-electron chi connectivity index (χ2n) is 10.3. The normalized spacial score (nSPS) is 44.1. The van der Waals surface area contributed by atoms with Gasteiger partial charge in [-0.15, -0.1) is 12.4 Å². The number of aliphatic hydroxyl groups is 4. The summed E-state index contributed by atoms with van der Waals surface area (Å²) in [7, 11) is 0. The fourth-order valence-electron chi connectivity index (χ4n) is 7.09. The van der Waals surface area contributed by atoms with Crippen molar-refractivity contribution < 1.29 is 25.2 Å². The van der Waals surface area contributed by atoms with Crippen LogP contribution in [0.4, 0.5) is 0 Å². The van der Waals surface area contributed by atoms with Crippen LogP contribution in [-0.2, 0) is 4.74 Å².